The second-order valence-electron chi connectivity index (χ2n) is 7.19. The van der Waals surface area contributed by atoms with Gasteiger partial charge in [-0.15, -0.1) is 11.8 Å². The van der Waals surface area contributed by atoms with Crippen molar-refractivity contribution in [2.45, 2.75) is 17.9 Å². The first kappa shape index (κ1) is 22.4. The zero-order valence-corrected chi connectivity index (χ0v) is 18.8. The third kappa shape index (κ3) is 5.53. The Bertz CT molecular complexity index is 1320. The van der Waals surface area contributed by atoms with Gasteiger partial charge in [0, 0.05) is 10.6 Å². The number of imidazole rings is 1. The monoisotopic (exact) mass is 465 g/mol. The molecule has 10 heteroatoms. The van der Waals surface area contributed by atoms with E-state index >= 15 is 0 Å². The van der Waals surface area contributed by atoms with E-state index in [0.717, 1.165) is 16.0 Å². The van der Waals surface area contributed by atoms with Crippen molar-refractivity contribution in [2.24, 2.45) is 0 Å². The quantitative estimate of drug-likeness (QED) is 0.220. The molecule has 4 aromatic rings. The lowest BCUT2D eigenvalue weighted by Crippen LogP contribution is -2.18. The van der Waals surface area contributed by atoms with Gasteiger partial charge in [0.15, 0.2) is 11.5 Å². The molecule has 2 aromatic carbocycles. The van der Waals surface area contributed by atoms with E-state index in [0.29, 0.717) is 23.5 Å². The molecular formula is C23H23N5O4S. The third-order valence-corrected chi connectivity index (χ3v) is 5.84. The summed E-state index contributed by atoms with van der Waals surface area (Å²) < 4.78 is 11.9. The molecule has 0 spiro atoms. The van der Waals surface area contributed by atoms with Crippen molar-refractivity contribution in [3.8, 4) is 6.01 Å². The van der Waals surface area contributed by atoms with E-state index in [9.17, 15) is 9.59 Å². The normalized spacial score (nSPS) is 10.9. The van der Waals surface area contributed by atoms with Crippen molar-refractivity contribution in [2.75, 3.05) is 25.2 Å². The molecule has 0 saturated carbocycles. The molecule has 9 nitrogen and oxygen atoms in total. The van der Waals surface area contributed by atoms with Crippen LogP contribution < -0.4 is 16.2 Å². The summed E-state index contributed by atoms with van der Waals surface area (Å²) in [7, 11) is 1.35. The lowest BCUT2D eigenvalue weighted by Gasteiger charge is -2.08. The molecule has 0 radical (unpaired) electrons. The van der Waals surface area contributed by atoms with Gasteiger partial charge in [-0.3, -0.25) is 9.36 Å². The van der Waals surface area contributed by atoms with Gasteiger partial charge in [-0.2, -0.15) is 9.97 Å². The topological polar surface area (TPSA) is 125 Å². The van der Waals surface area contributed by atoms with Crippen molar-refractivity contribution in [1.82, 2.24) is 19.5 Å². The van der Waals surface area contributed by atoms with E-state index in [4.69, 9.17) is 15.2 Å². The highest BCUT2D eigenvalue weighted by molar-refractivity contribution is 7.99. The maximum absolute atomic E-state index is 12.6. The van der Waals surface area contributed by atoms with Crippen LogP contribution in [0.4, 0.5) is 5.82 Å². The number of methoxy groups -OCH3 is 1. The summed E-state index contributed by atoms with van der Waals surface area (Å²) in [6.45, 7) is 0.627. The van der Waals surface area contributed by atoms with Crippen LogP contribution in [-0.4, -0.2) is 45.0 Å². The van der Waals surface area contributed by atoms with Crippen molar-refractivity contribution < 1.29 is 14.3 Å². The number of esters is 1. The molecule has 0 bridgehead atoms. The largest absolute Gasteiger partial charge is 0.469 e. The van der Waals surface area contributed by atoms with Crippen LogP contribution in [0, 0.1) is 0 Å². The highest BCUT2D eigenvalue weighted by atomic mass is 32.2. The lowest BCUT2D eigenvalue weighted by atomic mass is 10.1. The first-order valence-corrected chi connectivity index (χ1v) is 11.2. The van der Waals surface area contributed by atoms with Crippen molar-refractivity contribution >= 4 is 34.7 Å². The Hall–Kier alpha value is -3.79. The van der Waals surface area contributed by atoms with Gasteiger partial charge < -0.3 is 20.2 Å². The number of carbonyl (C=O) groups is 1. The fraction of sp³-hybridized carbons (Fsp3) is 0.217. The van der Waals surface area contributed by atoms with Gasteiger partial charge in [0.25, 0.3) is 0 Å². The number of fused-ring (bicyclic) bond motifs is 1. The Morgan fingerprint density at radius 2 is 1.91 bits per heavy atom. The number of thioether (sulfide) groups is 1. The number of nitrogens with zero attached hydrogens (tertiary/aromatic N) is 3. The molecule has 0 aliphatic rings. The van der Waals surface area contributed by atoms with Crippen LogP contribution >= 0.6 is 11.8 Å². The minimum absolute atomic E-state index is 0.112. The highest BCUT2D eigenvalue weighted by Gasteiger charge is 2.15. The number of carbonyl (C=O) groups excluding carboxylic acids is 1. The number of aromatic amines is 1. The molecule has 3 N–H and O–H groups in total. The second-order valence-corrected chi connectivity index (χ2v) is 8.36. The van der Waals surface area contributed by atoms with E-state index in [1.54, 1.807) is 11.8 Å². The summed E-state index contributed by atoms with van der Waals surface area (Å²) in [5, 5.41) is 0. The molecule has 0 amide bonds. The molecule has 2 aromatic heterocycles. The molecule has 2 heterocycles. The van der Waals surface area contributed by atoms with Gasteiger partial charge in [-0.1, -0.05) is 42.5 Å². The summed E-state index contributed by atoms with van der Waals surface area (Å²) in [5.74, 6) is 0.517. The zero-order valence-electron chi connectivity index (χ0n) is 18.0. The van der Waals surface area contributed by atoms with Gasteiger partial charge >= 0.3 is 17.7 Å². The summed E-state index contributed by atoms with van der Waals surface area (Å²) in [6.07, 6.45) is 0.154. The van der Waals surface area contributed by atoms with Gasteiger partial charge in [-0.25, -0.2) is 4.79 Å². The molecule has 33 heavy (non-hydrogen) atoms. The summed E-state index contributed by atoms with van der Waals surface area (Å²) >= 11 is 1.66. The van der Waals surface area contributed by atoms with Crippen molar-refractivity contribution in [3.05, 3.63) is 76.2 Å². The van der Waals surface area contributed by atoms with Crippen LogP contribution in [0.25, 0.3) is 11.2 Å². The number of aromatic nitrogens is 4. The number of hydrogen-bond acceptors (Lipinski definition) is 8. The fourth-order valence-corrected chi connectivity index (χ4v) is 4.06. The first-order chi connectivity index (χ1) is 16.0. The predicted octanol–water partition coefficient (Wildman–Crippen LogP) is 2.64. The first-order valence-electron chi connectivity index (χ1n) is 10.2. The van der Waals surface area contributed by atoms with Crippen LogP contribution in [0.15, 0.2) is 64.3 Å². The minimum Gasteiger partial charge on any atom is -0.469 e. The van der Waals surface area contributed by atoms with Crippen LogP contribution in [0.1, 0.15) is 11.1 Å². The SMILES string of the molecule is COC(=O)Cc1cccc(Cn2c(=O)[nH]c3c(N)nc(OCCSc4ccccc4)nc32)c1. The standard InChI is InChI=1S/C23H23N5O4S/c1-31-18(29)13-15-6-5-7-16(12-15)14-28-21-19(25-23(28)30)20(24)26-22(27-21)32-10-11-33-17-8-3-2-4-9-17/h2-9,12H,10-11,13-14H2,1H3,(H,25,30)(H2,24,26,27). The zero-order chi connectivity index (χ0) is 23.2. The number of hydrogen-bond donors (Lipinski definition) is 2. The number of anilines is 1. The Morgan fingerprint density at radius 1 is 1.12 bits per heavy atom. The number of H-pyrrole nitrogens is 1. The second kappa shape index (κ2) is 10.2. The minimum atomic E-state index is -0.360. The Labute approximate surface area is 194 Å². The number of rotatable bonds is 9. The highest BCUT2D eigenvalue weighted by Crippen LogP contribution is 2.20. The molecule has 170 valence electrons. The van der Waals surface area contributed by atoms with Crippen molar-refractivity contribution in [3.63, 3.8) is 0 Å². The predicted molar refractivity (Wildman–Crippen MR) is 126 cm³/mol. The average Bonchev–Trinajstić information content (AvgIpc) is 3.13. The number of nitrogens with two attached hydrogens (primary N) is 1. The Kier molecular flexibility index (Phi) is 6.94. The molecule has 0 aliphatic carbocycles. The van der Waals surface area contributed by atoms with E-state index in [-0.39, 0.29) is 36.5 Å². The van der Waals surface area contributed by atoms with E-state index < -0.39 is 0 Å². The summed E-state index contributed by atoms with van der Waals surface area (Å²) in [6, 6.07) is 17.5. The number of benzene rings is 2. The van der Waals surface area contributed by atoms with Gasteiger partial charge in [0.05, 0.1) is 20.1 Å². The third-order valence-electron chi connectivity index (χ3n) is 4.86. The van der Waals surface area contributed by atoms with Crippen LogP contribution in [0.3, 0.4) is 0 Å². The van der Waals surface area contributed by atoms with E-state index in [1.165, 1.54) is 11.7 Å². The molecule has 4 rings (SSSR count). The number of ether oxygens (including phenoxy) is 2. The molecular weight excluding hydrogens is 442 g/mol. The molecule has 0 unspecified atom stereocenters. The molecule has 0 saturated heterocycles. The molecule has 0 fully saturated rings. The number of nitrogens with one attached hydrogen (secondary N) is 1. The van der Waals surface area contributed by atoms with Crippen LogP contribution in [-0.2, 0) is 22.5 Å². The Morgan fingerprint density at radius 3 is 2.70 bits per heavy atom. The van der Waals surface area contributed by atoms with E-state index in [1.807, 2.05) is 54.6 Å². The smallest absolute Gasteiger partial charge is 0.328 e. The summed E-state index contributed by atoms with van der Waals surface area (Å²) in [5.41, 5.74) is 8.03. The lowest BCUT2D eigenvalue weighted by molar-refractivity contribution is -0.139. The fourth-order valence-electron chi connectivity index (χ4n) is 3.31. The van der Waals surface area contributed by atoms with Crippen molar-refractivity contribution in [1.29, 1.82) is 0 Å². The van der Waals surface area contributed by atoms with E-state index in [2.05, 4.69) is 15.0 Å². The van der Waals surface area contributed by atoms with Crippen LogP contribution in [0.2, 0.25) is 0 Å². The summed E-state index contributed by atoms with van der Waals surface area (Å²) in [4.78, 5) is 36.6. The molecule has 0 atom stereocenters. The van der Waals surface area contributed by atoms with Gasteiger partial charge in [-0.05, 0) is 23.3 Å². The maximum Gasteiger partial charge on any atom is 0.328 e. The average molecular weight is 466 g/mol. The number of nitrogen functional groups attached to an aromatic ring is 1. The van der Waals surface area contributed by atoms with Gasteiger partial charge in [0.1, 0.15) is 12.1 Å². The maximum atomic E-state index is 12.6. The Balaban J connectivity index is 1.51. The molecule has 0 aliphatic heterocycles. The van der Waals surface area contributed by atoms with Gasteiger partial charge in [0.2, 0.25) is 0 Å². The van der Waals surface area contributed by atoms with Crippen LogP contribution in [0.5, 0.6) is 6.01 Å².